The quantitative estimate of drug-likeness (QED) is 0.224. The molecule has 0 aliphatic carbocycles. The summed E-state index contributed by atoms with van der Waals surface area (Å²) in [5, 5.41) is 35.4. The second-order valence-electron chi connectivity index (χ2n) is 9.54. The Morgan fingerprint density at radius 3 is 2.59 bits per heavy atom. The number of ether oxygens (including phenoxy) is 1. The van der Waals surface area contributed by atoms with E-state index in [1.54, 1.807) is 19.9 Å². The highest BCUT2D eigenvalue weighted by molar-refractivity contribution is 6.47. The number of carbonyl (C=O) groups excluding carboxylic acids is 4. The summed E-state index contributed by atoms with van der Waals surface area (Å²) in [6.45, 7) is 3.59. The summed E-state index contributed by atoms with van der Waals surface area (Å²) in [6, 6.07) is 4.73. The number of amides is 5. The lowest BCUT2D eigenvalue weighted by atomic mass is 9.72. The van der Waals surface area contributed by atoms with Gasteiger partial charge >= 0.3 is 30.9 Å². The van der Waals surface area contributed by atoms with Crippen LogP contribution in [0, 0.1) is 6.92 Å². The fraction of sp³-hybridized carbons (Fsp3) is 0.346. The molecular weight excluding hydrogens is 539 g/mol. The van der Waals surface area contributed by atoms with Gasteiger partial charge in [0.05, 0.1) is 18.6 Å². The van der Waals surface area contributed by atoms with E-state index in [1.807, 2.05) is 0 Å². The van der Waals surface area contributed by atoms with Crippen LogP contribution in [0.2, 0.25) is 0 Å². The van der Waals surface area contributed by atoms with Crippen molar-refractivity contribution >= 4 is 36.8 Å². The first-order valence-electron chi connectivity index (χ1n) is 12.8. The van der Waals surface area contributed by atoms with Crippen molar-refractivity contribution in [2.24, 2.45) is 0 Å². The van der Waals surface area contributed by atoms with Crippen LogP contribution in [-0.2, 0) is 20.8 Å². The minimum atomic E-state index is -1.62. The number of carboxylic acid groups (broad SMARTS) is 1. The number of phenolic OH excluding ortho intramolecular Hbond substituents is 1. The number of hydrogen-bond acceptors (Lipinski definition) is 9. The minimum absolute atomic E-state index is 0.00786. The van der Waals surface area contributed by atoms with Crippen LogP contribution in [0.15, 0.2) is 30.3 Å². The van der Waals surface area contributed by atoms with E-state index in [0.717, 1.165) is 0 Å². The van der Waals surface area contributed by atoms with Crippen molar-refractivity contribution in [1.29, 1.82) is 0 Å². The number of methoxy groups -OCH3 is 1. The number of benzene rings is 2. The maximum absolute atomic E-state index is 13.6. The molecule has 4 rings (SSSR count). The summed E-state index contributed by atoms with van der Waals surface area (Å²) in [6.07, 6.45) is 0.00786. The third-order valence-corrected chi connectivity index (χ3v) is 6.98. The minimum Gasteiger partial charge on any atom is -0.534 e. The number of para-hydroxylation sites is 1. The molecule has 1 fully saturated rings. The molecule has 5 amide bonds. The van der Waals surface area contributed by atoms with Crippen molar-refractivity contribution in [3.05, 3.63) is 52.6 Å². The molecular formula is C26H29BN4O10. The summed E-state index contributed by atoms with van der Waals surface area (Å²) in [4.78, 5) is 65.3. The van der Waals surface area contributed by atoms with Crippen LogP contribution in [0.5, 0.6) is 17.2 Å². The average Bonchev–Trinajstić information content (AvgIpc) is 2.94. The molecule has 0 radical (unpaired) electrons. The molecule has 2 aromatic carbocycles. The van der Waals surface area contributed by atoms with Gasteiger partial charge in [-0.05, 0) is 55.2 Å². The number of carbonyl (C=O) groups is 5. The maximum Gasteiger partial charge on any atom is 0.547 e. The molecule has 2 aliphatic rings. The van der Waals surface area contributed by atoms with Gasteiger partial charge in [0.2, 0.25) is 5.91 Å². The number of imide groups is 1. The molecule has 2 aliphatic heterocycles. The number of aryl methyl sites for hydroxylation is 1. The second kappa shape index (κ2) is 11.8. The van der Waals surface area contributed by atoms with E-state index >= 15 is 0 Å². The lowest BCUT2D eigenvalue weighted by Gasteiger charge is -2.33. The first kappa shape index (κ1) is 29.2. The predicted octanol–water partition coefficient (Wildman–Crippen LogP) is -0.0116. The van der Waals surface area contributed by atoms with Crippen molar-refractivity contribution in [2.75, 3.05) is 26.7 Å². The van der Waals surface area contributed by atoms with E-state index in [2.05, 4.69) is 10.6 Å². The maximum atomic E-state index is 13.6. The lowest BCUT2D eigenvalue weighted by molar-refractivity contribution is -0.153. The van der Waals surface area contributed by atoms with Gasteiger partial charge in [-0.1, -0.05) is 12.1 Å². The molecule has 2 heterocycles. The largest absolute Gasteiger partial charge is 0.547 e. The number of rotatable bonds is 7. The SMILES string of the molecule is CCN1CCN(C(=O)NC(C(=O)N[C@H]2Cc3cccc(C(=O)O)c3OB2O)c2cc(C)c(O)c(OC)c2)C(=O)C1=O. The number of nitrogens with one attached hydrogen (secondary N) is 2. The number of carboxylic acids is 1. The van der Waals surface area contributed by atoms with Gasteiger partial charge in [0.1, 0.15) is 11.8 Å². The van der Waals surface area contributed by atoms with Crippen LogP contribution >= 0.6 is 0 Å². The molecule has 216 valence electrons. The Morgan fingerprint density at radius 1 is 1.20 bits per heavy atom. The number of likely N-dealkylation sites (N-methyl/N-ethyl adjacent to an activating group) is 1. The van der Waals surface area contributed by atoms with Crippen LogP contribution < -0.4 is 20.0 Å². The topological polar surface area (TPSA) is 195 Å². The van der Waals surface area contributed by atoms with Crippen LogP contribution in [-0.4, -0.2) is 94.6 Å². The Balaban J connectivity index is 1.62. The number of urea groups is 1. The fourth-order valence-electron chi connectivity index (χ4n) is 4.75. The highest BCUT2D eigenvalue weighted by Gasteiger charge is 2.41. The molecule has 0 aromatic heterocycles. The Labute approximate surface area is 235 Å². The monoisotopic (exact) mass is 568 g/mol. The molecule has 1 unspecified atom stereocenters. The van der Waals surface area contributed by atoms with Gasteiger partial charge in [-0.3, -0.25) is 19.3 Å². The molecule has 5 N–H and O–H groups in total. The van der Waals surface area contributed by atoms with Crippen LogP contribution in [0.4, 0.5) is 4.79 Å². The zero-order valence-corrected chi connectivity index (χ0v) is 22.5. The van der Waals surface area contributed by atoms with E-state index in [9.17, 15) is 39.2 Å². The van der Waals surface area contributed by atoms with Crippen molar-refractivity contribution in [2.45, 2.75) is 32.3 Å². The number of piperazine rings is 1. The molecule has 0 spiro atoms. The summed E-state index contributed by atoms with van der Waals surface area (Å²) in [5.74, 6) is -5.18. The first-order valence-corrected chi connectivity index (χ1v) is 12.8. The van der Waals surface area contributed by atoms with Crippen molar-refractivity contribution in [1.82, 2.24) is 20.4 Å². The third kappa shape index (κ3) is 5.75. The van der Waals surface area contributed by atoms with Crippen molar-refractivity contribution in [3.63, 3.8) is 0 Å². The number of nitrogens with zero attached hydrogens (tertiary/aromatic N) is 2. The Morgan fingerprint density at radius 2 is 1.93 bits per heavy atom. The van der Waals surface area contributed by atoms with E-state index < -0.39 is 48.8 Å². The van der Waals surface area contributed by atoms with Gasteiger partial charge in [-0.25, -0.2) is 9.59 Å². The number of phenols is 1. The number of fused-ring (bicyclic) bond motifs is 1. The normalized spacial score (nSPS) is 17.4. The molecule has 15 heteroatoms. The second-order valence-corrected chi connectivity index (χ2v) is 9.54. The van der Waals surface area contributed by atoms with Gasteiger partial charge in [-0.15, -0.1) is 0 Å². The van der Waals surface area contributed by atoms with Gasteiger partial charge in [0.15, 0.2) is 11.5 Å². The number of aromatic carboxylic acids is 1. The average molecular weight is 568 g/mol. The smallest absolute Gasteiger partial charge is 0.534 e. The molecule has 1 saturated heterocycles. The standard InChI is InChI=1S/C26H29BN4O10/c1-4-30-8-9-31(24(35)23(30)34)26(38)29-19(15-10-13(2)20(32)17(11-15)40-3)22(33)28-18-12-14-6-5-7-16(25(36)37)21(14)41-27(18)39/h5-7,10-11,18-19,32,39H,4,8-9,12H2,1-3H3,(H,28,33)(H,29,38)(H,36,37)/t18-,19?/m0/s1. The van der Waals surface area contributed by atoms with Gasteiger partial charge < -0.3 is 40.2 Å². The summed E-state index contributed by atoms with van der Waals surface area (Å²) in [7, 11) is -0.317. The van der Waals surface area contributed by atoms with E-state index in [4.69, 9.17) is 9.39 Å². The molecule has 2 atom stereocenters. The number of hydrogen-bond donors (Lipinski definition) is 5. The summed E-state index contributed by atoms with van der Waals surface area (Å²) >= 11 is 0. The molecule has 0 bridgehead atoms. The van der Waals surface area contributed by atoms with E-state index in [1.165, 1.54) is 36.3 Å². The van der Waals surface area contributed by atoms with E-state index in [0.29, 0.717) is 22.6 Å². The van der Waals surface area contributed by atoms with Crippen LogP contribution in [0.25, 0.3) is 0 Å². The molecule has 14 nitrogen and oxygen atoms in total. The third-order valence-electron chi connectivity index (χ3n) is 6.98. The summed E-state index contributed by atoms with van der Waals surface area (Å²) < 4.78 is 10.6. The highest BCUT2D eigenvalue weighted by Crippen LogP contribution is 2.34. The predicted molar refractivity (Wildman–Crippen MR) is 142 cm³/mol. The van der Waals surface area contributed by atoms with Crippen LogP contribution in [0.1, 0.15) is 40.0 Å². The lowest BCUT2D eigenvalue weighted by Crippen LogP contribution is -2.60. The first-order chi connectivity index (χ1) is 19.5. The van der Waals surface area contributed by atoms with Crippen molar-refractivity contribution in [3.8, 4) is 17.2 Å². The molecule has 41 heavy (non-hydrogen) atoms. The molecule has 0 saturated carbocycles. The van der Waals surface area contributed by atoms with Gasteiger partial charge in [0.25, 0.3) is 0 Å². The zero-order valence-electron chi connectivity index (χ0n) is 22.5. The Bertz CT molecular complexity index is 1420. The van der Waals surface area contributed by atoms with Gasteiger partial charge in [-0.2, -0.15) is 0 Å². The van der Waals surface area contributed by atoms with E-state index in [-0.39, 0.29) is 47.9 Å². The zero-order chi connectivity index (χ0) is 30.0. The highest BCUT2D eigenvalue weighted by atomic mass is 16.5. The molecule has 2 aromatic rings. The Kier molecular flexibility index (Phi) is 8.37. The van der Waals surface area contributed by atoms with Crippen LogP contribution in [0.3, 0.4) is 0 Å². The van der Waals surface area contributed by atoms with Gasteiger partial charge in [0, 0.05) is 19.6 Å². The van der Waals surface area contributed by atoms with Crippen molar-refractivity contribution < 1.29 is 48.6 Å². The fourth-order valence-corrected chi connectivity index (χ4v) is 4.75. The summed E-state index contributed by atoms with van der Waals surface area (Å²) in [5.41, 5.74) is 0.783. The number of aromatic hydroxyl groups is 1. The Hall–Kier alpha value is -4.79.